The van der Waals surface area contributed by atoms with Crippen molar-refractivity contribution in [1.82, 2.24) is 18.3 Å². The van der Waals surface area contributed by atoms with Crippen LogP contribution < -0.4 is 0 Å². The SMILES string of the molecule is [2H]c1c([2H])c(C)c([2H])c(-c2cccc3c2c2c(C(C)(C)C)cccc2n3-c2ccccc2)c1[2H].[2H]c1c([2H])c([2H])c(-c2cccc3c2c2c(C(C)(C)C)c(-c4c([2H])c([2H])c(C)c([2H])c4[2H])ccc2n3-c2ccccc2)c([2H])c1[2H].[2H]c1c([2H])c([2H])c(-c2cccc3c2c2c(C(C)(C)C)c(-c4cc(C(C)(C)C)cc(C(C)(C)C)c4)ccc2n3-c2ccccc2)c([2H])c1[2H].[2H]c1c([2H])c([2H])c(-c2cccc3c2c2c(C(C)(C)C)c(-c4ccccc4)ccc2n3-c2ccccc2)c([2H])c1[2H]. The van der Waals surface area contributed by atoms with Gasteiger partial charge in [0.25, 0.3) is 0 Å². The Balaban J connectivity index is 0.000000132. The van der Waals surface area contributed by atoms with Crippen LogP contribution in [0.2, 0.25) is 0 Å². The van der Waals surface area contributed by atoms with E-state index in [2.05, 4.69) is 250 Å². The second kappa shape index (κ2) is 38.3. The first kappa shape index (κ1) is 71.8. The van der Waals surface area contributed by atoms with Crippen molar-refractivity contribution in [2.24, 2.45) is 0 Å². The van der Waals surface area contributed by atoms with Gasteiger partial charge < -0.3 is 18.3 Å². The third kappa shape index (κ3) is 18.3. The molecular formula is C140H132N4. The number of para-hydroxylation sites is 4. The topological polar surface area (TPSA) is 19.7 Å². The van der Waals surface area contributed by atoms with Crippen LogP contribution >= 0.6 is 0 Å². The fraction of sp³-hybridized carbons (Fsp3) is 0.186. The Hall–Kier alpha value is -15.6. The molecule has 0 saturated carbocycles. The first-order chi connectivity index (χ1) is 78.7. The fourth-order valence-electron chi connectivity index (χ4n) is 21.0. The number of hydrogen-bond acceptors (Lipinski definition) is 0. The van der Waals surface area contributed by atoms with Crippen molar-refractivity contribution in [3.63, 3.8) is 0 Å². The fourth-order valence-corrected chi connectivity index (χ4v) is 21.0. The van der Waals surface area contributed by atoms with Crippen LogP contribution in [0.25, 0.3) is 188 Å². The van der Waals surface area contributed by atoms with Crippen molar-refractivity contribution in [3.05, 3.63) is 481 Å². The van der Waals surface area contributed by atoms with Gasteiger partial charge in [-0.3, -0.25) is 0 Å². The molecule has 0 atom stereocenters. The van der Waals surface area contributed by atoms with E-state index in [0.717, 1.165) is 149 Å². The molecule has 19 aromatic carbocycles. The monoisotopic (exact) mass is 1890 g/mol. The summed E-state index contributed by atoms with van der Waals surface area (Å²) in [5, 5.41) is 7.30. The van der Waals surface area contributed by atoms with Crippen LogP contribution in [-0.4, -0.2) is 18.3 Å². The number of benzene rings is 19. The van der Waals surface area contributed by atoms with Crippen molar-refractivity contribution in [2.75, 3.05) is 0 Å². The van der Waals surface area contributed by atoms with E-state index in [1.165, 1.54) is 16.7 Å². The minimum Gasteiger partial charge on any atom is -0.309 e. The van der Waals surface area contributed by atoms with Gasteiger partial charge in [-0.2, -0.15) is 0 Å². The van der Waals surface area contributed by atoms with Crippen LogP contribution in [0.4, 0.5) is 0 Å². The molecule has 0 aliphatic carbocycles. The summed E-state index contributed by atoms with van der Waals surface area (Å²) in [6.07, 6.45) is 0. The van der Waals surface area contributed by atoms with Crippen molar-refractivity contribution < 1.29 is 31.5 Å². The molecule has 144 heavy (non-hydrogen) atoms. The van der Waals surface area contributed by atoms with Crippen LogP contribution in [0.15, 0.2) is 436 Å². The molecule has 0 aliphatic heterocycles. The van der Waals surface area contributed by atoms with Gasteiger partial charge in [-0.25, -0.2) is 0 Å². The van der Waals surface area contributed by atoms with Gasteiger partial charge in [-0.15, -0.1) is 0 Å². The molecule has 4 heteroatoms. The molecule has 4 aromatic heterocycles. The second-order valence-corrected chi connectivity index (χ2v) is 43.5. The van der Waals surface area contributed by atoms with Crippen LogP contribution in [-0.2, 0) is 32.5 Å². The Bertz CT molecular complexity index is 10000. The maximum Gasteiger partial charge on any atom is 0.0632 e. The van der Waals surface area contributed by atoms with Crippen LogP contribution in [0.1, 0.15) is 201 Å². The third-order valence-electron chi connectivity index (χ3n) is 27.2. The first-order valence-corrected chi connectivity index (χ1v) is 49.4. The molecule has 0 fully saturated rings. The van der Waals surface area contributed by atoms with E-state index in [-0.39, 0.29) is 170 Å². The largest absolute Gasteiger partial charge is 0.309 e. The van der Waals surface area contributed by atoms with E-state index in [4.69, 9.17) is 31.5 Å². The highest BCUT2D eigenvalue weighted by Gasteiger charge is 2.34. The highest BCUT2D eigenvalue weighted by Crippen LogP contribution is 2.53. The molecule has 0 amide bonds. The van der Waals surface area contributed by atoms with E-state index in [1.54, 1.807) is 19.9 Å². The lowest BCUT2D eigenvalue weighted by Crippen LogP contribution is -2.17. The van der Waals surface area contributed by atoms with Crippen molar-refractivity contribution in [3.8, 4) is 101 Å². The third-order valence-corrected chi connectivity index (χ3v) is 27.2. The zero-order chi connectivity index (χ0) is 120. The Morgan fingerprint density at radius 2 is 0.458 bits per heavy atom. The molecule has 4 nitrogen and oxygen atoms in total. The number of fused-ring (bicyclic) bond motifs is 12. The number of aromatic nitrogens is 4. The molecule has 0 N–H and O–H groups in total. The van der Waals surface area contributed by atoms with Crippen molar-refractivity contribution >= 4 is 87.2 Å². The predicted octanol–water partition coefficient (Wildman–Crippen LogP) is 39.2. The Labute approximate surface area is 884 Å². The lowest BCUT2D eigenvalue weighted by atomic mass is 9.75. The zero-order valence-electron chi connectivity index (χ0n) is 109. The molecule has 0 aliphatic rings. The molecule has 0 spiro atoms. The summed E-state index contributed by atoms with van der Waals surface area (Å²) in [6.45, 7) is 42.8. The lowest BCUT2D eigenvalue weighted by Gasteiger charge is -2.29. The van der Waals surface area contributed by atoms with Crippen molar-refractivity contribution in [2.45, 2.75) is 171 Å². The molecule has 712 valence electrons. The number of hydrogen-bond donors (Lipinski definition) is 0. The summed E-state index contributed by atoms with van der Waals surface area (Å²) in [5.41, 5.74) is 26.1. The second-order valence-electron chi connectivity index (χ2n) is 43.5. The summed E-state index contributed by atoms with van der Waals surface area (Å²) in [4.78, 5) is 0. The summed E-state index contributed by atoms with van der Waals surface area (Å²) in [5.74, 6) is 0. The van der Waals surface area contributed by atoms with Gasteiger partial charge in [0.15, 0.2) is 0 Å². The molecular weight excluding hydrogens is 1740 g/mol. The molecule has 0 unspecified atom stereocenters. The summed E-state index contributed by atoms with van der Waals surface area (Å²) >= 11 is 0. The van der Waals surface area contributed by atoms with E-state index >= 15 is 0 Å². The quantitative estimate of drug-likeness (QED) is 0.123. The van der Waals surface area contributed by atoms with Gasteiger partial charge in [-0.1, -0.05) is 475 Å². The Morgan fingerprint density at radius 1 is 0.181 bits per heavy atom. The van der Waals surface area contributed by atoms with Gasteiger partial charge in [0.05, 0.1) is 75.7 Å². The number of rotatable bonds is 11. The molecule has 23 rings (SSSR count). The smallest absolute Gasteiger partial charge is 0.0632 e. The minimum atomic E-state index is -0.592. The van der Waals surface area contributed by atoms with Crippen LogP contribution in [0.3, 0.4) is 0 Å². The highest BCUT2D eigenvalue weighted by molar-refractivity contribution is 6.23. The average molecular weight is 1890 g/mol. The van der Waals surface area contributed by atoms with E-state index in [0.29, 0.717) is 38.8 Å². The van der Waals surface area contributed by atoms with Crippen LogP contribution in [0, 0.1) is 13.8 Å². The number of nitrogens with zero attached hydrogens (tertiary/aromatic N) is 4. The molecule has 23 aromatic rings. The van der Waals surface area contributed by atoms with Gasteiger partial charge in [0.2, 0.25) is 0 Å². The normalized spacial score (nSPS) is 14.4. The first-order valence-electron chi connectivity index (χ1n) is 60.9. The minimum absolute atomic E-state index is 0.0481. The van der Waals surface area contributed by atoms with Crippen molar-refractivity contribution in [1.29, 1.82) is 0 Å². The Kier molecular flexibility index (Phi) is 19.1. The average Bonchev–Trinajstić information content (AvgIpc) is 1.55. The van der Waals surface area contributed by atoms with E-state index < -0.39 is 29.6 Å². The van der Waals surface area contributed by atoms with Gasteiger partial charge in [-0.05, 0) is 255 Å². The Morgan fingerprint density at radius 3 is 0.785 bits per heavy atom. The molecule has 0 saturated heterocycles. The van der Waals surface area contributed by atoms with E-state index in [9.17, 15) is 0 Å². The van der Waals surface area contributed by atoms with Gasteiger partial charge in [0, 0.05) is 65.8 Å². The maximum atomic E-state index is 8.97. The standard InChI is InChI=1S/C42H45N.C35H31N.C34H29N.C29H27N/c1-40(2,3)30-25-29(26-31(27-30)41(4,5)6)34-23-24-36-38(39(34)42(7,8)9)37-33(28-17-12-10-13-18-28)21-16-22-35(37)43(36)32-19-14-11-15-20-32;1-24-18-20-26(21-19-24)29-22-23-31-33(34(29)35(2,3)4)32-28(25-12-7-5-8-13-25)16-11-17-30(32)36(31)27-14-9-6-10-15-27;1-34(2,3)33-28(25-16-9-5-10-17-25)22-23-30-32(33)31-27(24-14-7-4-8-15-24)20-13-21-29(31)35(30)26-18-11-6-12-19-26;1-20-11-8-12-21(19-20)23-15-9-17-25-27(23)28-24(29(2,3)4)16-10-18-26(28)30(25)22-13-6-5-7-14-22/h10-27H,1-9H3;5-23H,1-4H3;4-23H,1-3H3;5-19H,1-4H3/i10D,12D,13D,17D,18D;5D,7D,8D,12D,13D,18D,19D,20D,21D;4D,7D,8D,14D,15D;8D,11D,12D,19D. The van der Waals surface area contributed by atoms with E-state index in [1.807, 2.05) is 185 Å². The summed E-state index contributed by atoms with van der Waals surface area (Å²) in [7, 11) is 0. The van der Waals surface area contributed by atoms with Gasteiger partial charge in [0.1, 0.15) is 0 Å². The molecule has 0 radical (unpaired) electrons. The lowest BCUT2D eigenvalue weighted by molar-refractivity contribution is 0.568. The zero-order valence-corrected chi connectivity index (χ0v) is 85.6. The maximum absolute atomic E-state index is 8.97. The van der Waals surface area contributed by atoms with Gasteiger partial charge >= 0.3 is 0 Å². The summed E-state index contributed by atoms with van der Waals surface area (Å²) in [6, 6.07) is 94.4. The molecule has 0 bridgehead atoms. The molecule has 4 heterocycles. The highest BCUT2D eigenvalue weighted by atomic mass is 15.0. The van der Waals surface area contributed by atoms with Crippen LogP contribution in [0.5, 0.6) is 0 Å². The predicted molar refractivity (Wildman–Crippen MR) is 623 cm³/mol. The summed E-state index contributed by atoms with van der Waals surface area (Å²) < 4.78 is 206.